The summed E-state index contributed by atoms with van der Waals surface area (Å²) in [6, 6.07) is 10.0. The summed E-state index contributed by atoms with van der Waals surface area (Å²) >= 11 is 0. The van der Waals surface area contributed by atoms with Crippen molar-refractivity contribution in [1.82, 2.24) is 9.91 Å². The second kappa shape index (κ2) is 5.92. The van der Waals surface area contributed by atoms with Gasteiger partial charge in [0.1, 0.15) is 0 Å². The molecule has 126 valence electrons. The lowest BCUT2D eigenvalue weighted by Gasteiger charge is -2.25. The number of amides is 2. The van der Waals surface area contributed by atoms with E-state index in [2.05, 4.69) is 5.10 Å². The molecule has 6 nitrogen and oxygen atoms in total. The van der Waals surface area contributed by atoms with Crippen molar-refractivity contribution in [3.8, 4) is 0 Å². The number of hydrazone groups is 1. The SMILES string of the molecule is O=C(O)N1C[C@H]2CC(C(=O)N3N=CCC3c3ccccc3)C[C@H]2C1. The fraction of sp³-hybridized carbons (Fsp3) is 0.500. The number of hydrogen-bond donors (Lipinski definition) is 1. The lowest BCUT2D eigenvalue weighted by Crippen LogP contribution is -2.34. The maximum atomic E-state index is 13.0. The maximum absolute atomic E-state index is 13.0. The summed E-state index contributed by atoms with van der Waals surface area (Å²) in [5, 5.41) is 15.1. The van der Waals surface area contributed by atoms with Crippen LogP contribution in [0.25, 0.3) is 0 Å². The van der Waals surface area contributed by atoms with Crippen LogP contribution in [0.1, 0.15) is 30.9 Å². The van der Waals surface area contributed by atoms with Crippen LogP contribution in [0.4, 0.5) is 4.79 Å². The summed E-state index contributed by atoms with van der Waals surface area (Å²) in [6.45, 7) is 1.13. The number of rotatable bonds is 2. The zero-order valence-corrected chi connectivity index (χ0v) is 13.4. The second-order valence-corrected chi connectivity index (χ2v) is 7.02. The monoisotopic (exact) mass is 327 g/mol. The van der Waals surface area contributed by atoms with E-state index in [9.17, 15) is 9.59 Å². The second-order valence-electron chi connectivity index (χ2n) is 7.02. The molecule has 1 N–H and O–H groups in total. The smallest absolute Gasteiger partial charge is 0.407 e. The van der Waals surface area contributed by atoms with Crippen LogP contribution in [-0.4, -0.2) is 46.3 Å². The van der Waals surface area contributed by atoms with Crippen LogP contribution in [0.3, 0.4) is 0 Å². The third-order valence-corrected chi connectivity index (χ3v) is 5.61. The summed E-state index contributed by atoms with van der Waals surface area (Å²) in [5.41, 5.74) is 1.11. The molecule has 0 aromatic heterocycles. The van der Waals surface area contributed by atoms with Crippen LogP contribution in [-0.2, 0) is 4.79 Å². The molecule has 0 radical (unpaired) electrons. The van der Waals surface area contributed by atoms with Gasteiger partial charge in [0.05, 0.1) is 6.04 Å². The largest absolute Gasteiger partial charge is 0.465 e. The molecule has 1 aromatic rings. The van der Waals surface area contributed by atoms with Gasteiger partial charge in [0, 0.05) is 31.6 Å². The van der Waals surface area contributed by atoms with Crippen molar-refractivity contribution in [3.05, 3.63) is 35.9 Å². The van der Waals surface area contributed by atoms with Gasteiger partial charge in [-0.1, -0.05) is 30.3 Å². The number of benzene rings is 1. The van der Waals surface area contributed by atoms with E-state index in [0.717, 1.165) is 24.8 Å². The van der Waals surface area contributed by atoms with E-state index in [1.165, 1.54) is 4.90 Å². The zero-order chi connectivity index (χ0) is 16.7. The molecular formula is C18H21N3O3. The molecule has 2 heterocycles. The van der Waals surface area contributed by atoms with Gasteiger partial charge in [0.15, 0.2) is 0 Å². The third-order valence-electron chi connectivity index (χ3n) is 5.61. The molecule has 3 aliphatic rings. The Morgan fingerprint density at radius 2 is 1.75 bits per heavy atom. The highest BCUT2D eigenvalue weighted by atomic mass is 16.4. The van der Waals surface area contributed by atoms with Crippen molar-refractivity contribution >= 4 is 18.2 Å². The normalized spacial score (nSPS) is 31.5. The average Bonchev–Trinajstić information content (AvgIpc) is 3.28. The van der Waals surface area contributed by atoms with Gasteiger partial charge in [-0.2, -0.15) is 5.10 Å². The zero-order valence-electron chi connectivity index (χ0n) is 13.4. The van der Waals surface area contributed by atoms with Crippen molar-refractivity contribution in [1.29, 1.82) is 0 Å². The van der Waals surface area contributed by atoms with Gasteiger partial charge in [-0.25, -0.2) is 9.80 Å². The van der Waals surface area contributed by atoms with Gasteiger partial charge < -0.3 is 10.0 Å². The molecule has 2 unspecified atom stereocenters. The van der Waals surface area contributed by atoms with Gasteiger partial charge in [-0.3, -0.25) is 4.79 Å². The van der Waals surface area contributed by atoms with Crippen LogP contribution in [0, 0.1) is 17.8 Å². The van der Waals surface area contributed by atoms with Crippen LogP contribution in [0.5, 0.6) is 0 Å². The molecule has 4 rings (SSSR count). The molecule has 0 spiro atoms. The van der Waals surface area contributed by atoms with Gasteiger partial charge in [-0.15, -0.1) is 0 Å². The first-order valence-corrected chi connectivity index (χ1v) is 8.52. The predicted molar refractivity (Wildman–Crippen MR) is 88.4 cm³/mol. The Hall–Kier alpha value is -2.37. The fourth-order valence-electron chi connectivity index (χ4n) is 4.42. The van der Waals surface area contributed by atoms with E-state index in [0.29, 0.717) is 24.9 Å². The molecular weight excluding hydrogens is 306 g/mol. The van der Waals surface area contributed by atoms with Crippen LogP contribution >= 0.6 is 0 Å². The summed E-state index contributed by atoms with van der Waals surface area (Å²) in [4.78, 5) is 25.5. The molecule has 0 bridgehead atoms. The van der Waals surface area contributed by atoms with Crippen molar-refractivity contribution in [2.45, 2.75) is 25.3 Å². The van der Waals surface area contributed by atoms with Crippen molar-refractivity contribution in [2.24, 2.45) is 22.9 Å². The minimum Gasteiger partial charge on any atom is -0.465 e. The van der Waals surface area contributed by atoms with E-state index < -0.39 is 6.09 Å². The van der Waals surface area contributed by atoms with E-state index >= 15 is 0 Å². The average molecular weight is 327 g/mol. The first-order chi connectivity index (χ1) is 11.6. The van der Waals surface area contributed by atoms with E-state index in [-0.39, 0.29) is 17.9 Å². The molecule has 2 amide bonds. The van der Waals surface area contributed by atoms with Gasteiger partial charge in [0.2, 0.25) is 5.91 Å². The summed E-state index contributed by atoms with van der Waals surface area (Å²) in [5.74, 6) is 0.694. The van der Waals surface area contributed by atoms with Crippen LogP contribution < -0.4 is 0 Å². The van der Waals surface area contributed by atoms with E-state index in [1.807, 2.05) is 36.5 Å². The molecule has 4 atom stereocenters. The highest BCUT2D eigenvalue weighted by Gasteiger charge is 2.46. The number of carbonyl (C=O) groups is 2. The Morgan fingerprint density at radius 1 is 1.08 bits per heavy atom. The summed E-state index contributed by atoms with van der Waals surface area (Å²) in [6.07, 6.45) is 3.28. The summed E-state index contributed by atoms with van der Waals surface area (Å²) < 4.78 is 0. The molecule has 6 heteroatoms. The molecule has 1 aromatic carbocycles. The number of fused-ring (bicyclic) bond motifs is 1. The minimum absolute atomic E-state index is 0.00495. The lowest BCUT2D eigenvalue weighted by atomic mass is 10.0. The van der Waals surface area contributed by atoms with E-state index in [1.54, 1.807) is 5.01 Å². The Labute approximate surface area is 140 Å². The van der Waals surface area contributed by atoms with Crippen molar-refractivity contribution in [3.63, 3.8) is 0 Å². The quantitative estimate of drug-likeness (QED) is 0.907. The van der Waals surface area contributed by atoms with Gasteiger partial charge in [-0.05, 0) is 30.2 Å². The molecule has 1 saturated carbocycles. The number of nitrogens with zero attached hydrogens (tertiary/aromatic N) is 3. The van der Waals surface area contributed by atoms with Gasteiger partial charge in [0.25, 0.3) is 0 Å². The third kappa shape index (κ3) is 2.56. The maximum Gasteiger partial charge on any atom is 0.407 e. The van der Waals surface area contributed by atoms with Crippen LogP contribution in [0.15, 0.2) is 35.4 Å². The van der Waals surface area contributed by atoms with Crippen molar-refractivity contribution in [2.75, 3.05) is 13.1 Å². The molecule has 2 aliphatic heterocycles. The first-order valence-electron chi connectivity index (χ1n) is 8.52. The summed E-state index contributed by atoms with van der Waals surface area (Å²) in [7, 11) is 0. The van der Waals surface area contributed by atoms with Gasteiger partial charge >= 0.3 is 6.09 Å². The number of hydrogen-bond acceptors (Lipinski definition) is 3. The van der Waals surface area contributed by atoms with Crippen molar-refractivity contribution < 1.29 is 14.7 Å². The Bertz CT molecular complexity index is 661. The number of carbonyl (C=O) groups excluding carboxylic acids is 1. The predicted octanol–water partition coefficient (Wildman–Crippen LogP) is 2.58. The Kier molecular flexibility index (Phi) is 3.75. The number of carboxylic acid groups (broad SMARTS) is 1. The Balaban J connectivity index is 1.44. The minimum atomic E-state index is -0.847. The highest BCUT2D eigenvalue weighted by molar-refractivity contribution is 5.82. The fourth-order valence-corrected chi connectivity index (χ4v) is 4.42. The molecule has 24 heavy (non-hydrogen) atoms. The Morgan fingerprint density at radius 3 is 2.38 bits per heavy atom. The topological polar surface area (TPSA) is 73.2 Å². The van der Waals surface area contributed by atoms with E-state index in [4.69, 9.17) is 5.11 Å². The van der Waals surface area contributed by atoms with Crippen LogP contribution in [0.2, 0.25) is 0 Å². The number of likely N-dealkylation sites (tertiary alicyclic amines) is 1. The molecule has 1 saturated heterocycles. The molecule has 2 fully saturated rings. The first kappa shape index (κ1) is 15.2. The highest BCUT2D eigenvalue weighted by Crippen LogP contribution is 2.43. The lowest BCUT2D eigenvalue weighted by molar-refractivity contribution is -0.137. The molecule has 1 aliphatic carbocycles. The standard InChI is InChI=1S/C18H21N3O3/c22-17(13-8-14-10-20(18(23)24)11-15(14)9-13)21-16(6-7-19-21)12-4-2-1-3-5-12/h1-5,7,13-16H,6,8-11H2,(H,23,24)/t13?,14-,15+,16?.